The molecule has 8 heteroatoms. The van der Waals surface area contributed by atoms with Crippen molar-refractivity contribution in [2.75, 3.05) is 0 Å². The number of carboxylic acids is 3. The first-order valence-corrected chi connectivity index (χ1v) is 5.67. The van der Waals surface area contributed by atoms with Crippen molar-refractivity contribution in [3.63, 3.8) is 0 Å². The number of carbonyl (C=O) groups is 4. The van der Waals surface area contributed by atoms with Crippen LogP contribution in [-0.2, 0) is 23.9 Å². The summed E-state index contributed by atoms with van der Waals surface area (Å²) in [5.41, 5.74) is 0. The minimum absolute atomic E-state index is 0.0169. The van der Waals surface area contributed by atoms with Crippen LogP contribution in [0.3, 0.4) is 0 Å². The van der Waals surface area contributed by atoms with Crippen LogP contribution in [0.2, 0.25) is 0 Å². The smallest absolute Gasteiger partial charge is 0.345 e. The molecule has 19 heavy (non-hydrogen) atoms. The fourth-order valence-corrected chi connectivity index (χ4v) is 1.52. The number of hydrogen-bond donors (Lipinski definition) is 3. The van der Waals surface area contributed by atoms with Crippen LogP contribution in [0, 0.1) is 5.92 Å². The van der Waals surface area contributed by atoms with E-state index in [4.69, 9.17) is 15.3 Å². The van der Waals surface area contributed by atoms with Gasteiger partial charge in [-0.25, -0.2) is 4.79 Å². The molecule has 8 nitrogen and oxygen atoms in total. The highest BCUT2D eigenvalue weighted by molar-refractivity contribution is 5.92. The van der Waals surface area contributed by atoms with Crippen LogP contribution >= 0.6 is 0 Å². The number of carboxylic acid groups (broad SMARTS) is 3. The number of unbranched alkanes of at least 4 members (excludes halogenated alkanes) is 2. The summed E-state index contributed by atoms with van der Waals surface area (Å²) in [6.07, 6.45) is 0.0824. The van der Waals surface area contributed by atoms with Gasteiger partial charge in [0, 0.05) is 0 Å². The van der Waals surface area contributed by atoms with Crippen molar-refractivity contribution in [3.05, 3.63) is 0 Å². The number of carbonyl (C=O) groups excluding carboxylic acids is 1. The molecule has 0 heterocycles. The van der Waals surface area contributed by atoms with E-state index in [2.05, 4.69) is 4.74 Å². The lowest BCUT2D eigenvalue weighted by molar-refractivity contribution is -0.156. The van der Waals surface area contributed by atoms with Crippen molar-refractivity contribution in [2.24, 2.45) is 5.92 Å². The highest BCUT2D eigenvalue weighted by Gasteiger charge is 2.25. The second-order valence-electron chi connectivity index (χ2n) is 3.93. The molecule has 0 rings (SSSR count). The van der Waals surface area contributed by atoms with Gasteiger partial charge in [-0.05, 0) is 19.3 Å². The molecule has 1 atom stereocenters. The third kappa shape index (κ3) is 7.02. The predicted molar refractivity (Wildman–Crippen MR) is 60.4 cm³/mol. The molecule has 0 radical (unpaired) electrons. The molecule has 0 saturated carbocycles. The van der Waals surface area contributed by atoms with Crippen LogP contribution in [0.15, 0.2) is 0 Å². The van der Waals surface area contributed by atoms with Gasteiger partial charge in [-0.3, -0.25) is 14.4 Å². The van der Waals surface area contributed by atoms with Crippen molar-refractivity contribution in [1.82, 2.24) is 0 Å². The van der Waals surface area contributed by atoms with Gasteiger partial charge in [-0.1, -0.05) is 12.8 Å². The van der Waals surface area contributed by atoms with Crippen molar-refractivity contribution < 1.29 is 39.2 Å². The van der Waals surface area contributed by atoms with Gasteiger partial charge >= 0.3 is 17.9 Å². The molecule has 0 bridgehead atoms. The number of aliphatic carboxylic acids is 3. The Labute approximate surface area is 109 Å². The fourth-order valence-electron chi connectivity index (χ4n) is 1.52. The van der Waals surface area contributed by atoms with Crippen LogP contribution in [0.5, 0.6) is 0 Å². The lowest BCUT2D eigenvalue weighted by atomic mass is 10.0. The van der Waals surface area contributed by atoms with Crippen LogP contribution in [0.4, 0.5) is 0 Å². The van der Waals surface area contributed by atoms with E-state index in [1.54, 1.807) is 0 Å². The topological polar surface area (TPSA) is 138 Å². The molecule has 0 aliphatic rings. The van der Waals surface area contributed by atoms with Gasteiger partial charge < -0.3 is 20.1 Å². The molecule has 0 aliphatic carbocycles. The Kier molecular flexibility index (Phi) is 7.90. The molecule has 0 aromatic carbocycles. The maximum absolute atomic E-state index is 10.6. The Hall–Kier alpha value is -2.12. The highest BCUT2D eigenvalue weighted by atomic mass is 16.5. The number of hydrogen-bond acceptors (Lipinski definition) is 5. The maximum Gasteiger partial charge on any atom is 0.345 e. The zero-order valence-electron chi connectivity index (χ0n) is 10.2. The van der Waals surface area contributed by atoms with Crippen LogP contribution in [0.25, 0.3) is 0 Å². The Bertz CT molecular complexity index is 324. The van der Waals surface area contributed by atoms with Gasteiger partial charge in [0.1, 0.15) is 0 Å². The predicted octanol–water partition coefficient (Wildman–Crippen LogP) is 0.348. The van der Waals surface area contributed by atoms with Crippen molar-refractivity contribution in [1.29, 1.82) is 0 Å². The molecule has 0 aromatic heterocycles. The van der Waals surface area contributed by atoms with E-state index in [-0.39, 0.29) is 19.3 Å². The molecule has 0 aromatic rings. The summed E-state index contributed by atoms with van der Waals surface area (Å²) in [5.74, 6) is -5.47. The van der Waals surface area contributed by atoms with Gasteiger partial charge in [0.05, 0.1) is 0 Å². The van der Waals surface area contributed by atoms with E-state index < -0.39 is 29.9 Å². The summed E-state index contributed by atoms with van der Waals surface area (Å²) in [5, 5.41) is 25.9. The first-order chi connectivity index (χ1) is 8.90. The monoisotopic (exact) mass is 276 g/mol. The largest absolute Gasteiger partial charge is 0.481 e. The second-order valence-corrected chi connectivity index (χ2v) is 3.93. The van der Waals surface area contributed by atoms with Gasteiger partial charge in [-0.15, -0.1) is 0 Å². The standard InChI is InChI=1S/C11H16O8/c12-6-19-8(11(17)18)5-3-1-2-4-7(9(13)14)10(15)16/h6-8H,1-5H2,(H,13,14)(H,15,16)(H,17,18). The molecule has 0 spiro atoms. The van der Waals surface area contributed by atoms with E-state index in [0.717, 1.165) is 0 Å². The SMILES string of the molecule is O=COC(CCCCCC(C(=O)O)C(=O)O)C(=O)O. The zero-order chi connectivity index (χ0) is 14.8. The van der Waals surface area contributed by atoms with Crippen molar-refractivity contribution >= 4 is 24.4 Å². The molecular formula is C11H16O8. The average molecular weight is 276 g/mol. The Balaban J connectivity index is 3.91. The van der Waals surface area contributed by atoms with E-state index >= 15 is 0 Å². The molecule has 108 valence electrons. The summed E-state index contributed by atoms with van der Waals surface area (Å²) in [6, 6.07) is 0. The Morgan fingerprint density at radius 1 is 0.895 bits per heavy atom. The average Bonchev–Trinajstić information content (AvgIpc) is 2.30. The first kappa shape index (κ1) is 16.9. The van der Waals surface area contributed by atoms with Crippen LogP contribution < -0.4 is 0 Å². The summed E-state index contributed by atoms with van der Waals surface area (Å²) < 4.78 is 4.34. The van der Waals surface area contributed by atoms with Crippen molar-refractivity contribution in [2.45, 2.75) is 38.2 Å². The van der Waals surface area contributed by atoms with E-state index in [0.29, 0.717) is 19.3 Å². The van der Waals surface area contributed by atoms with Gasteiger partial charge in [0.25, 0.3) is 6.47 Å². The molecule has 0 fully saturated rings. The minimum Gasteiger partial charge on any atom is -0.481 e. The summed E-state index contributed by atoms with van der Waals surface area (Å²) in [7, 11) is 0. The van der Waals surface area contributed by atoms with E-state index in [1.807, 2.05) is 0 Å². The lowest BCUT2D eigenvalue weighted by Gasteiger charge is -2.10. The van der Waals surface area contributed by atoms with Gasteiger partial charge in [0.15, 0.2) is 12.0 Å². The molecule has 0 aliphatic heterocycles. The highest BCUT2D eigenvalue weighted by Crippen LogP contribution is 2.13. The number of rotatable bonds is 11. The second kappa shape index (κ2) is 8.90. The molecule has 0 saturated heterocycles. The summed E-state index contributed by atoms with van der Waals surface area (Å²) >= 11 is 0. The summed E-state index contributed by atoms with van der Waals surface area (Å²) in [4.78, 5) is 41.8. The Morgan fingerprint density at radius 3 is 1.84 bits per heavy atom. The van der Waals surface area contributed by atoms with Gasteiger partial charge in [0.2, 0.25) is 0 Å². The first-order valence-electron chi connectivity index (χ1n) is 5.67. The molecular weight excluding hydrogens is 260 g/mol. The third-order valence-electron chi connectivity index (χ3n) is 2.55. The zero-order valence-corrected chi connectivity index (χ0v) is 10.2. The van der Waals surface area contributed by atoms with E-state index in [9.17, 15) is 19.2 Å². The molecule has 3 N–H and O–H groups in total. The minimum atomic E-state index is -1.44. The Morgan fingerprint density at radius 2 is 1.42 bits per heavy atom. The van der Waals surface area contributed by atoms with Crippen LogP contribution in [-0.4, -0.2) is 45.8 Å². The lowest BCUT2D eigenvalue weighted by Crippen LogP contribution is -2.24. The third-order valence-corrected chi connectivity index (χ3v) is 2.55. The quantitative estimate of drug-likeness (QED) is 0.279. The number of ether oxygens (including phenoxy) is 1. The van der Waals surface area contributed by atoms with Crippen LogP contribution in [0.1, 0.15) is 32.1 Å². The van der Waals surface area contributed by atoms with E-state index in [1.165, 1.54) is 0 Å². The van der Waals surface area contributed by atoms with Gasteiger partial charge in [-0.2, -0.15) is 0 Å². The fraction of sp³-hybridized carbons (Fsp3) is 0.636. The molecule has 0 amide bonds. The maximum atomic E-state index is 10.6. The molecule has 1 unspecified atom stereocenters. The van der Waals surface area contributed by atoms with Crippen molar-refractivity contribution in [3.8, 4) is 0 Å². The summed E-state index contributed by atoms with van der Waals surface area (Å²) in [6.45, 7) is 0.0592. The normalized spacial score (nSPS) is 11.8.